The summed E-state index contributed by atoms with van der Waals surface area (Å²) in [6.07, 6.45) is 0.239. The van der Waals surface area contributed by atoms with E-state index in [2.05, 4.69) is 15.0 Å². The standard InChI is InChI=1S/C13H18F3N3O2/c1-2-21-12(20)10-11(13(14,15)16)19(18-17-10)8-9-6-4-3-5-7-9/h9H,2-8H2,1H3. The van der Waals surface area contributed by atoms with Gasteiger partial charge in [0.1, 0.15) is 0 Å². The van der Waals surface area contributed by atoms with Crippen molar-refractivity contribution in [2.75, 3.05) is 6.61 Å². The Morgan fingerprint density at radius 1 is 1.33 bits per heavy atom. The van der Waals surface area contributed by atoms with E-state index in [1.165, 1.54) is 6.92 Å². The van der Waals surface area contributed by atoms with E-state index in [4.69, 9.17) is 0 Å². The first-order valence-electron chi connectivity index (χ1n) is 7.11. The van der Waals surface area contributed by atoms with E-state index < -0.39 is 23.5 Å². The van der Waals surface area contributed by atoms with E-state index in [0.717, 1.165) is 36.8 Å². The fourth-order valence-electron chi connectivity index (χ4n) is 2.67. The van der Waals surface area contributed by atoms with Crippen molar-refractivity contribution in [3.8, 4) is 0 Å². The van der Waals surface area contributed by atoms with Crippen molar-refractivity contribution < 1.29 is 22.7 Å². The predicted octanol–water partition coefficient (Wildman–Crippen LogP) is 3.05. The fraction of sp³-hybridized carbons (Fsp3) is 0.769. The summed E-state index contributed by atoms with van der Waals surface area (Å²) < 4.78 is 45.0. The topological polar surface area (TPSA) is 57.0 Å². The van der Waals surface area contributed by atoms with Gasteiger partial charge in [-0.2, -0.15) is 13.2 Å². The Labute approximate surface area is 120 Å². The highest BCUT2D eigenvalue weighted by molar-refractivity contribution is 5.88. The zero-order valence-electron chi connectivity index (χ0n) is 11.8. The predicted molar refractivity (Wildman–Crippen MR) is 67.6 cm³/mol. The van der Waals surface area contributed by atoms with Gasteiger partial charge in [-0.1, -0.05) is 24.5 Å². The molecule has 8 heteroatoms. The lowest BCUT2D eigenvalue weighted by molar-refractivity contribution is -0.145. The van der Waals surface area contributed by atoms with Gasteiger partial charge in [0.15, 0.2) is 5.69 Å². The van der Waals surface area contributed by atoms with Crippen LogP contribution in [-0.4, -0.2) is 27.6 Å². The lowest BCUT2D eigenvalue weighted by atomic mass is 9.89. The largest absolute Gasteiger partial charge is 0.461 e. The lowest BCUT2D eigenvalue weighted by Crippen LogP contribution is -2.23. The number of alkyl halides is 3. The molecule has 1 heterocycles. The number of hydrogen-bond donors (Lipinski definition) is 0. The minimum absolute atomic E-state index is 0.00832. The molecule has 1 aromatic heterocycles. The summed E-state index contributed by atoms with van der Waals surface area (Å²) in [6, 6.07) is 0. The molecular weight excluding hydrogens is 287 g/mol. The summed E-state index contributed by atoms with van der Waals surface area (Å²) in [4.78, 5) is 11.6. The zero-order chi connectivity index (χ0) is 15.5. The molecule has 21 heavy (non-hydrogen) atoms. The van der Waals surface area contributed by atoms with Gasteiger partial charge in [-0.15, -0.1) is 5.10 Å². The second-order valence-electron chi connectivity index (χ2n) is 5.19. The van der Waals surface area contributed by atoms with E-state index in [0.29, 0.717) is 0 Å². The first kappa shape index (κ1) is 15.8. The van der Waals surface area contributed by atoms with E-state index in [-0.39, 0.29) is 19.1 Å². The van der Waals surface area contributed by atoms with Crippen LogP contribution < -0.4 is 0 Å². The van der Waals surface area contributed by atoms with Gasteiger partial charge < -0.3 is 4.74 Å². The molecule has 0 aliphatic heterocycles. The van der Waals surface area contributed by atoms with Gasteiger partial charge in [0.05, 0.1) is 6.61 Å². The van der Waals surface area contributed by atoms with Crippen LogP contribution in [0.1, 0.15) is 55.2 Å². The van der Waals surface area contributed by atoms with Gasteiger partial charge >= 0.3 is 12.1 Å². The number of ether oxygens (including phenoxy) is 1. The average Bonchev–Trinajstić information content (AvgIpc) is 2.84. The summed E-state index contributed by atoms with van der Waals surface area (Å²) in [5.74, 6) is -0.934. The molecule has 0 spiro atoms. The number of rotatable bonds is 4. The molecule has 1 fully saturated rings. The Kier molecular flexibility index (Phi) is 4.84. The first-order valence-corrected chi connectivity index (χ1v) is 7.11. The van der Waals surface area contributed by atoms with Gasteiger partial charge in [-0.3, -0.25) is 0 Å². The third-order valence-corrected chi connectivity index (χ3v) is 3.63. The number of esters is 1. The molecule has 1 aliphatic rings. The van der Waals surface area contributed by atoms with Crippen LogP contribution in [0.5, 0.6) is 0 Å². The molecule has 1 saturated carbocycles. The van der Waals surface area contributed by atoms with Crippen molar-refractivity contribution in [1.82, 2.24) is 15.0 Å². The molecule has 0 bridgehead atoms. The van der Waals surface area contributed by atoms with Crippen LogP contribution in [0.2, 0.25) is 0 Å². The molecule has 0 radical (unpaired) electrons. The van der Waals surface area contributed by atoms with Crippen LogP contribution in [0.15, 0.2) is 0 Å². The highest BCUT2D eigenvalue weighted by Gasteiger charge is 2.42. The first-order chi connectivity index (χ1) is 9.93. The van der Waals surface area contributed by atoms with Crippen molar-refractivity contribution in [2.45, 2.75) is 51.7 Å². The number of hydrogen-bond acceptors (Lipinski definition) is 4. The molecule has 0 unspecified atom stereocenters. The van der Waals surface area contributed by atoms with Gasteiger partial charge in [0.2, 0.25) is 5.69 Å². The second-order valence-corrected chi connectivity index (χ2v) is 5.19. The van der Waals surface area contributed by atoms with E-state index in [9.17, 15) is 18.0 Å². The van der Waals surface area contributed by atoms with Crippen molar-refractivity contribution in [3.05, 3.63) is 11.4 Å². The third-order valence-electron chi connectivity index (χ3n) is 3.63. The Morgan fingerprint density at radius 2 is 2.00 bits per heavy atom. The smallest absolute Gasteiger partial charge is 0.435 e. The number of carbonyl (C=O) groups excluding carboxylic acids is 1. The summed E-state index contributed by atoms with van der Waals surface area (Å²) in [5, 5.41) is 6.91. The maximum atomic E-state index is 13.2. The van der Waals surface area contributed by atoms with Crippen LogP contribution in [0.3, 0.4) is 0 Å². The zero-order valence-corrected chi connectivity index (χ0v) is 11.8. The molecule has 1 aliphatic carbocycles. The van der Waals surface area contributed by atoms with Crippen molar-refractivity contribution in [1.29, 1.82) is 0 Å². The quantitative estimate of drug-likeness (QED) is 0.802. The van der Waals surface area contributed by atoms with Gasteiger partial charge in [0.25, 0.3) is 0 Å². The highest BCUT2D eigenvalue weighted by Crippen LogP contribution is 2.33. The van der Waals surface area contributed by atoms with Crippen molar-refractivity contribution in [3.63, 3.8) is 0 Å². The summed E-state index contributed by atoms with van der Waals surface area (Å²) in [7, 11) is 0. The second kappa shape index (κ2) is 6.44. The van der Waals surface area contributed by atoms with Crippen LogP contribution in [0.4, 0.5) is 13.2 Å². The molecule has 0 amide bonds. The Balaban J connectivity index is 2.26. The number of nitrogens with zero attached hydrogens (tertiary/aromatic N) is 3. The van der Waals surface area contributed by atoms with Gasteiger partial charge in [0, 0.05) is 6.54 Å². The maximum absolute atomic E-state index is 13.2. The van der Waals surface area contributed by atoms with Gasteiger partial charge in [-0.05, 0) is 25.7 Å². The van der Waals surface area contributed by atoms with Crippen LogP contribution in [0.25, 0.3) is 0 Å². The molecular formula is C13H18F3N3O2. The molecule has 0 saturated heterocycles. The summed E-state index contributed by atoms with van der Waals surface area (Å²) in [6.45, 7) is 1.66. The molecule has 0 aromatic carbocycles. The monoisotopic (exact) mass is 305 g/mol. The summed E-state index contributed by atoms with van der Waals surface area (Å²) in [5.41, 5.74) is -1.85. The van der Waals surface area contributed by atoms with Crippen LogP contribution in [0, 0.1) is 5.92 Å². The van der Waals surface area contributed by atoms with Crippen LogP contribution >= 0.6 is 0 Å². The fourth-order valence-corrected chi connectivity index (χ4v) is 2.67. The Bertz CT molecular complexity index is 493. The number of halogens is 3. The molecule has 0 N–H and O–H groups in total. The minimum atomic E-state index is -4.68. The SMILES string of the molecule is CCOC(=O)c1nnn(CC2CCCCC2)c1C(F)(F)F. The average molecular weight is 305 g/mol. The molecule has 118 valence electrons. The van der Waals surface area contributed by atoms with E-state index >= 15 is 0 Å². The molecule has 1 aromatic rings. The van der Waals surface area contributed by atoms with Crippen LogP contribution in [-0.2, 0) is 17.5 Å². The number of aromatic nitrogens is 3. The Morgan fingerprint density at radius 3 is 2.57 bits per heavy atom. The maximum Gasteiger partial charge on any atom is 0.435 e. The highest BCUT2D eigenvalue weighted by atomic mass is 19.4. The lowest BCUT2D eigenvalue weighted by Gasteiger charge is -2.22. The van der Waals surface area contributed by atoms with Crippen molar-refractivity contribution in [2.24, 2.45) is 5.92 Å². The third kappa shape index (κ3) is 3.74. The minimum Gasteiger partial charge on any atom is -0.461 e. The molecule has 2 rings (SSSR count). The van der Waals surface area contributed by atoms with E-state index in [1.807, 2.05) is 0 Å². The summed E-state index contributed by atoms with van der Waals surface area (Å²) >= 11 is 0. The Hall–Kier alpha value is -1.60. The number of carbonyl (C=O) groups is 1. The normalized spacial score (nSPS) is 17.0. The van der Waals surface area contributed by atoms with E-state index in [1.54, 1.807) is 0 Å². The van der Waals surface area contributed by atoms with Gasteiger partial charge in [-0.25, -0.2) is 9.48 Å². The van der Waals surface area contributed by atoms with Crippen molar-refractivity contribution >= 4 is 5.97 Å². The molecule has 5 nitrogen and oxygen atoms in total. The molecule has 0 atom stereocenters.